The fraction of sp³-hybridized carbons (Fsp3) is 0.0476. The van der Waals surface area contributed by atoms with Crippen LogP contribution in [0.3, 0.4) is 0 Å². The van der Waals surface area contributed by atoms with Crippen molar-refractivity contribution in [2.75, 3.05) is 18.2 Å². The number of nitrogens with two attached hydrogens (primary N) is 1. The van der Waals surface area contributed by atoms with Crippen LogP contribution in [0, 0.1) is 0 Å². The Hall–Kier alpha value is -3.58. The average Bonchev–Trinajstić information content (AvgIpc) is 3.41. The van der Waals surface area contributed by atoms with E-state index >= 15 is 0 Å². The van der Waals surface area contributed by atoms with Crippen LogP contribution in [0.1, 0.15) is 10.4 Å². The van der Waals surface area contributed by atoms with Gasteiger partial charge in [-0.3, -0.25) is 4.79 Å². The van der Waals surface area contributed by atoms with Crippen molar-refractivity contribution in [2.24, 2.45) is 0 Å². The number of anilines is 2. The SMILES string of the molecule is COc1ccc(C(=O)Nc2cc(-c3ccc(-c4ccon4)s3)ccc2N)cc1. The molecule has 4 aromatic rings. The number of methoxy groups -OCH3 is 1. The Bertz CT molecular complexity index is 1100. The highest BCUT2D eigenvalue weighted by atomic mass is 32.1. The minimum absolute atomic E-state index is 0.235. The lowest BCUT2D eigenvalue weighted by molar-refractivity contribution is 0.102. The maximum Gasteiger partial charge on any atom is 0.255 e. The number of nitrogen functional groups attached to an aromatic ring is 1. The maximum absolute atomic E-state index is 12.5. The zero-order chi connectivity index (χ0) is 19.5. The van der Waals surface area contributed by atoms with Gasteiger partial charge in [0.05, 0.1) is 23.4 Å². The minimum atomic E-state index is -0.235. The molecule has 0 bridgehead atoms. The molecule has 3 N–H and O–H groups in total. The smallest absolute Gasteiger partial charge is 0.255 e. The van der Waals surface area contributed by atoms with Gasteiger partial charge in [0.25, 0.3) is 5.91 Å². The van der Waals surface area contributed by atoms with Gasteiger partial charge in [-0.1, -0.05) is 11.2 Å². The van der Waals surface area contributed by atoms with Gasteiger partial charge in [0.1, 0.15) is 17.7 Å². The van der Waals surface area contributed by atoms with Crippen LogP contribution >= 0.6 is 11.3 Å². The Morgan fingerprint density at radius 3 is 2.57 bits per heavy atom. The van der Waals surface area contributed by atoms with E-state index in [9.17, 15) is 4.79 Å². The molecule has 0 aliphatic heterocycles. The molecule has 2 aromatic carbocycles. The van der Waals surface area contributed by atoms with Crippen LogP contribution in [0.2, 0.25) is 0 Å². The summed E-state index contributed by atoms with van der Waals surface area (Å²) in [5.74, 6) is 0.458. The van der Waals surface area contributed by atoms with Crippen molar-refractivity contribution in [1.82, 2.24) is 5.16 Å². The highest BCUT2D eigenvalue weighted by Gasteiger charge is 2.12. The predicted molar refractivity (Wildman–Crippen MR) is 111 cm³/mol. The minimum Gasteiger partial charge on any atom is -0.497 e. The third kappa shape index (κ3) is 3.60. The molecule has 0 radical (unpaired) electrons. The number of carbonyl (C=O) groups is 1. The molecule has 0 unspecified atom stereocenters. The van der Waals surface area contributed by atoms with E-state index in [1.165, 1.54) is 0 Å². The van der Waals surface area contributed by atoms with E-state index in [2.05, 4.69) is 10.5 Å². The molecule has 0 spiro atoms. The Morgan fingerprint density at radius 2 is 1.86 bits per heavy atom. The van der Waals surface area contributed by atoms with Crippen LogP contribution in [0.5, 0.6) is 5.75 Å². The molecule has 4 rings (SSSR count). The second-order valence-electron chi connectivity index (χ2n) is 6.03. The molecule has 7 heteroatoms. The van der Waals surface area contributed by atoms with Crippen LogP contribution in [0.25, 0.3) is 21.0 Å². The van der Waals surface area contributed by atoms with Crippen molar-refractivity contribution in [3.8, 4) is 26.8 Å². The van der Waals surface area contributed by atoms with Crippen molar-refractivity contribution >= 4 is 28.6 Å². The summed E-state index contributed by atoms with van der Waals surface area (Å²) >= 11 is 1.59. The summed E-state index contributed by atoms with van der Waals surface area (Å²) in [6, 6.07) is 18.3. The molecule has 6 nitrogen and oxygen atoms in total. The average molecular weight is 391 g/mol. The first-order chi connectivity index (χ1) is 13.6. The number of nitrogens with zero attached hydrogens (tertiary/aromatic N) is 1. The Balaban J connectivity index is 1.57. The van der Waals surface area contributed by atoms with E-state index in [1.54, 1.807) is 55.0 Å². The summed E-state index contributed by atoms with van der Waals surface area (Å²) in [4.78, 5) is 14.6. The monoisotopic (exact) mass is 391 g/mol. The number of rotatable bonds is 5. The summed E-state index contributed by atoms with van der Waals surface area (Å²) in [6.45, 7) is 0. The molecule has 2 aromatic heterocycles. The Labute approximate surface area is 165 Å². The van der Waals surface area contributed by atoms with Crippen molar-refractivity contribution in [3.63, 3.8) is 0 Å². The fourth-order valence-electron chi connectivity index (χ4n) is 2.73. The van der Waals surface area contributed by atoms with Crippen LogP contribution in [0.4, 0.5) is 11.4 Å². The fourth-order valence-corrected chi connectivity index (χ4v) is 3.69. The standard InChI is InChI=1S/C21H17N3O3S/c1-26-15-5-2-13(3-6-15)21(25)23-18-12-14(4-7-16(18)22)19-8-9-20(28-19)17-10-11-27-24-17/h2-12H,22H2,1H3,(H,23,25). The lowest BCUT2D eigenvalue weighted by Gasteiger charge is -2.10. The number of aromatic nitrogens is 1. The van der Waals surface area contributed by atoms with E-state index in [4.69, 9.17) is 15.0 Å². The van der Waals surface area contributed by atoms with Gasteiger partial charge < -0.3 is 20.3 Å². The van der Waals surface area contributed by atoms with Crippen molar-refractivity contribution < 1.29 is 14.1 Å². The number of hydrogen-bond donors (Lipinski definition) is 2. The van der Waals surface area contributed by atoms with Gasteiger partial charge in [-0.25, -0.2) is 0 Å². The second kappa shape index (κ2) is 7.58. The number of benzene rings is 2. The molecule has 0 fully saturated rings. The number of nitrogens with one attached hydrogen (secondary N) is 1. The van der Waals surface area contributed by atoms with Crippen molar-refractivity contribution in [1.29, 1.82) is 0 Å². The van der Waals surface area contributed by atoms with Gasteiger partial charge in [0.15, 0.2) is 0 Å². The third-order valence-electron chi connectivity index (χ3n) is 4.23. The molecule has 0 saturated heterocycles. The maximum atomic E-state index is 12.5. The van der Waals surface area contributed by atoms with E-state index in [0.29, 0.717) is 22.7 Å². The molecule has 1 amide bonds. The third-order valence-corrected chi connectivity index (χ3v) is 5.39. The quantitative estimate of drug-likeness (QED) is 0.472. The first-order valence-corrected chi connectivity index (χ1v) is 9.31. The van der Waals surface area contributed by atoms with Crippen molar-refractivity contribution in [2.45, 2.75) is 0 Å². The van der Waals surface area contributed by atoms with E-state index in [-0.39, 0.29) is 5.91 Å². The summed E-state index contributed by atoms with van der Waals surface area (Å²) in [6.07, 6.45) is 1.55. The van der Waals surface area contributed by atoms with E-state index < -0.39 is 0 Å². The van der Waals surface area contributed by atoms with Gasteiger partial charge in [0.2, 0.25) is 0 Å². The first-order valence-electron chi connectivity index (χ1n) is 8.50. The molecule has 0 saturated carbocycles. The summed E-state index contributed by atoms with van der Waals surface area (Å²) in [7, 11) is 1.58. The molecule has 0 aliphatic carbocycles. The van der Waals surface area contributed by atoms with Crippen LogP contribution in [-0.2, 0) is 0 Å². The zero-order valence-electron chi connectivity index (χ0n) is 15.0. The van der Waals surface area contributed by atoms with Crippen LogP contribution in [-0.4, -0.2) is 18.2 Å². The number of thiophene rings is 1. The normalized spacial score (nSPS) is 10.6. The number of carbonyl (C=O) groups excluding carboxylic acids is 1. The number of amides is 1. The van der Waals surface area contributed by atoms with E-state index in [1.807, 2.05) is 30.3 Å². The first kappa shape index (κ1) is 17.8. The molecule has 2 heterocycles. The lowest BCUT2D eigenvalue weighted by atomic mass is 10.1. The Morgan fingerprint density at radius 1 is 1.07 bits per heavy atom. The summed E-state index contributed by atoms with van der Waals surface area (Å²) in [5, 5.41) is 6.84. The second-order valence-corrected chi connectivity index (χ2v) is 7.12. The van der Waals surface area contributed by atoms with Crippen molar-refractivity contribution in [3.05, 3.63) is 72.5 Å². The topological polar surface area (TPSA) is 90.4 Å². The summed E-state index contributed by atoms with van der Waals surface area (Å²) in [5.41, 5.74) is 9.40. The molecular formula is C21H17N3O3S. The van der Waals surface area contributed by atoms with Gasteiger partial charge in [0, 0.05) is 16.5 Å². The van der Waals surface area contributed by atoms with Gasteiger partial charge in [-0.2, -0.15) is 0 Å². The highest BCUT2D eigenvalue weighted by Crippen LogP contribution is 2.36. The van der Waals surface area contributed by atoms with Gasteiger partial charge >= 0.3 is 0 Å². The lowest BCUT2D eigenvalue weighted by Crippen LogP contribution is -2.13. The van der Waals surface area contributed by atoms with Crippen LogP contribution in [0.15, 0.2) is 71.4 Å². The predicted octanol–water partition coefficient (Wildman–Crippen LogP) is 4.91. The van der Waals surface area contributed by atoms with Gasteiger partial charge in [-0.15, -0.1) is 11.3 Å². The molecular weight excluding hydrogens is 374 g/mol. The summed E-state index contributed by atoms with van der Waals surface area (Å²) < 4.78 is 10.0. The Kier molecular flexibility index (Phi) is 4.82. The number of hydrogen-bond acceptors (Lipinski definition) is 6. The van der Waals surface area contributed by atoms with Gasteiger partial charge in [-0.05, 0) is 54.1 Å². The molecule has 0 aliphatic rings. The molecule has 0 atom stereocenters. The number of ether oxygens (including phenoxy) is 1. The largest absolute Gasteiger partial charge is 0.497 e. The zero-order valence-corrected chi connectivity index (χ0v) is 15.8. The van der Waals surface area contributed by atoms with E-state index in [0.717, 1.165) is 21.0 Å². The highest BCUT2D eigenvalue weighted by molar-refractivity contribution is 7.18. The molecule has 28 heavy (non-hydrogen) atoms. The van der Waals surface area contributed by atoms with Crippen LogP contribution < -0.4 is 15.8 Å². The molecule has 140 valence electrons.